The van der Waals surface area contributed by atoms with Crippen LogP contribution in [0.2, 0.25) is 0 Å². The summed E-state index contributed by atoms with van der Waals surface area (Å²) >= 11 is 0. The summed E-state index contributed by atoms with van der Waals surface area (Å²) in [5.74, 6) is -0.404. The van der Waals surface area contributed by atoms with E-state index in [0.717, 1.165) is 0 Å². The number of aromatic nitrogens is 2. The number of hydrogen-bond donors (Lipinski definition) is 0. The van der Waals surface area contributed by atoms with Crippen LogP contribution in [-0.2, 0) is 16.6 Å². The van der Waals surface area contributed by atoms with Crippen molar-refractivity contribution in [2.24, 2.45) is 7.05 Å². The van der Waals surface area contributed by atoms with Gasteiger partial charge in [0.1, 0.15) is 5.69 Å². The summed E-state index contributed by atoms with van der Waals surface area (Å²) in [6, 6.07) is 0. The second-order valence-corrected chi connectivity index (χ2v) is 3.83. The summed E-state index contributed by atoms with van der Waals surface area (Å²) in [5.41, 5.74) is 0.410. The van der Waals surface area contributed by atoms with Gasteiger partial charge in [-0.3, -0.25) is 9.59 Å². The smallest absolute Gasteiger partial charge is 0.305 e. The molecule has 0 spiro atoms. The number of esters is 1. The molecule has 1 aromatic rings. The lowest BCUT2D eigenvalue weighted by molar-refractivity contribution is -0.140. The monoisotopic (exact) mass is 239 g/mol. The minimum absolute atomic E-state index is 0.143. The van der Waals surface area contributed by atoms with Crippen molar-refractivity contribution >= 4 is 11.9 Å². The van der Waals surface area contributed by atoms with Gasteiger partial charge in [-0.1, -0.05) is 0 Å². The number of aryl methyl sites for hydroxylation is 1. The van der Waals surface area contributed by atoms with Crippen molar-refractivity contribution in [3.63, 3.8) is 0 Å². The number of imidazole rings is 1. The fraction of sp³-hybridized carbons (Fsp3) is 0.545. The Morgan fingerprint density at radius 2 is 2.24 bits per heavy atom. The number of methoxy groups -OCH3 is 1. The Kier molecular flexibility index (Phi) is 4.68. The van der Waals surface area contributed by atoms with Crippen LogP contribution in [0.5, 0.6) is 0 Å². The first kappa shape index (κ1) is 13.2. The number of carbonyl (C=O) groups excluding carboxylic acids is 2. The molecule has 0 aromatic carbocycles. The molecule has 0 atom stereocenters. The lowest BCUT2D eigenvalue weighted by Gasteiger charge is -2.15. The predicted molar refractivity (Wildman–Crippen MR) is 61.4 cm³/mol. The van der Waals surface area contributed by atoms with Gasteiger partial charge in [0.25, 0.3) is 5.91 Å². The molecule has 0 radical (unpaired) electrons. The molecule has 0 aliphatic rings. The van der Waals surface area contributed by atoms with Gasteiger partial charge >= 0.3 is 5.97 Å². The average Bonchev–Trinajstić information content (AvgIpc) is 2.74. The Morgan fingerprint density at radius 1 is 1.53 bits per heavy atom. The highest BCUT2D eigenvalue weighted by atomic mass is 16.5. The van der Waals surface area contributed by atoms with Gasteiger partial charge in [-0.2, -0.15) is 0 Å². The molecule has 6 heteroatoms. The maximum atomic E-state index is 11.8. The average molecular weight is 239 g/mol. The van der Waals surface area contributed by atoms with E-state index in [-0.39, 0.29) is 11.9 Å². The van der Waals surface area contributed by atoms with Crippen molar-refractivity contribution in [1.82, 2.24) is 14.5 Å². The highest BCUT2D eigenvalue weighted by molar-refractivity contribution is 5.91. The number of ether oxygens (including phenoxy) is 1. The zero-order chi connectivity index (χ0) is 12.8. The van der Waals surface area contributed by atoms with E-state index < -0.39 is 0 Å². The van der Waals surface area contributed by atoms with E-state index in [1.54, 1.807) is 36.1 Å². The summed E-state index contributed by atoms with van der Waals surface area (Å²) in [7, 11) is 4.85. The molecule has 0 aliphatic heterocycles. The van der Waals surface area contributed by atoms with E-state index in [4.69, 9.17) is 0 Å². The van der Waals surface area contributed by atoms with Crippen LogP contribution in [-0.4, -0.2) is 47.0 Å². The Hall–Kier alpha value is -1.85. The van der Waals surface area contributed by atoms with E-state index in [9.17, 15) is 9.59 Å². The Morgan fingerprint density at radius 3 is 2.76 bits per heavy atom. The van der Waals surface area contributed by atoms with Crippen LogP contribution in [0.1, 0.15) is 23.3 Å². The third-order valence-corrected chi connectivity index (χ3v) is 2.37. The highest BCUT2D eigenvalue weighted by Gasteiger charge is 2.14. The molecule has 0 aliphatic carbocycles. The van der Waals surface area contributed by atoms with Crippen molar-refractivity contribution in [2.45, 2.75) is 12.8 Å². The topological polar surface area (TPSA) is 64.4 Å². The zero-order valence-corrected chi connectivity index (χ0v) is 10.3. The fourth-order valence-corrected chi connectivity index (χ4v) is 1.38. The molecule has 0 unspecified atom stereocenters. The first-order valence-electron chi connectivity index (χ1n) is 5.35. The van der Waals surface area contributed by atoms with E-state index in [2.05, 4.69) is 9.72 Å². The van der Waals surface area contributed by atoms with Crippen LogP contribution in [0.4, 0.5) is 0 Å². The van der Waals surface area contributed by atoms with Crippen molar-refractivity contribution in [1.29, 1.82) is 0 Å². The van der Waals surface area contributed by atoms with E-state index >= 15 is 0 Å². The second kappa shape index (κ2) is 6.03. The minimum atomic E-state index is -0.260. The maximum Gasteiger partial charge on any atom is 0.305 e. The van der Waals surface area contributed by atoms with Gasteiger partial charge < -0.3 is 14.2 Å². The SMILES string of the molecule is COC(=O)CCCN(C)C(=O)c1cn(C)cn1. The summed E-state index contributed by atoms with van der Waals surface area (Å²) in [4.78, 5) is 28.3. The Labute approximate surface area is 100 Å². The molecule has 1 rings (SSSR count). The van der Waals surface area contributed by atoms with Crippen LogP contribution in [0.25, 0.3) is 0 Å². The zero-order valence-electron chi connectivity index (χ0n) is 10.3. The third-order valence-electron chi connectivity index (χ3n) is 2.37. The molecule has 17 heavy (non-hydrogen) atoms. The molecule has 1 aromatic heterocycles. The van der Waals surface area contributed by atoms with Crippen molar-refractivity contribution in [3.8, 4) is 0 Å². The van der Waals surface area contributed by atoms with Crippen molar-refractivity contribution in [3.05, 3.63) is 18.2 Å². The number of rotatable bonds is 5. The molecule has 0 N–H and O–H groups in total. The molecule has 6 nitrogen and oxygen atoms in total. The van der Waals surface area contributed by atoms with Crippen molar-refractivity contribution in [2.75, 3.05) is 20.7 Å². The van der Waals surface area contributed by atoms with Gasteiger partial charge in [-0.15, -0.1) is 0 Å². The van der Waals surface area contributed by atoms with Gasteiger partial charge in [0.05, 0.1) is 13.4 Å². The molecule has 0 bridgehead atoms. The maximum absolute atomic E-state index is 11.8. The number of hydrogen-bond acceptors (Lipinski definition) is 4. The van der Waals surface area contributed by atoms with Crippen LogP contribution in [0.3, 0.4) is 0 Å². The van der Waals surface area contributed by atoms with Crippen molar-refractivity contribution < 1.29 is 14.3 Å². The van der Waals surface area contributed by atoms with Crippen LogP contribution in [0, 0.1) is 0 Å². The minimum Gasteiger partial charge on any atom is -0.469 e. The van der Waals surface area contributed by atoms with Gasteiger partial charge in [0.2, 0.25) is 0 Å². The Balaban J connectivity index is 2.40. The molecule has 0 saturated carbocycles. The quantitative estimate of drug-likeness (QED) is 0.700. The summed E-state index contributed by atoms with van der Waals surface area (Å²) < 4.78 is 6.24. The predicted octanol–water partition coefficient (Wildman–Crippen LogP) is 0.445. The lowest BCUT2D eigenvalue weighted by atomic mass is 10.3. The number of nitrogens with zero attached hydrogens (tertiary/aromatic N) is 3. The molecule has 94 valence electrons. The standard InChI is InChI=1S/C11H17N3O3/c1-13-7-9(12-8-13)11(16)14(2)6-4-5-10(15)17-3/h7-8H,4-6H2,1-3H3. The van der Waals surface area contributed by atoms with Crippen LogP contribution in [0.15, 0.2) is 12.5 Å². The van der Waals surface area contributed by atoms with Crippen LogP contribution < -0.4 is 0 Å². The first-order valence-corrected chi connectivity index (χ1v) is 5.35. The molecule has 0 fully saturated rings. The largest absolute Gasteiger partial charge is 0.469 e. The second-order valence-electron chi connectivity index (χ2n) is 3.83. The summed E-state index contributed by atoms with van der Waals surface area (Å²) in [6.45, 7) is 0.504. The van der Waals surface area contributed by atoms with Gasteiger partial charge in [0.15, 0.2) is 0 Å². The molecule has 0 saturated heterocycles. The van der Waals surface area contributed by atoms with Crippen LogP contribution >= 0.6 is 0 Å². The van der Waals surface area contributed by atoms with E-state index in [1.165, 1.54) is 7.11 Å². The normalized spacial score (nSPS) is 10.1. The molecular formula is C11H17N3O3. The van der Waals surface area contributed by atoms with Gasteiger partial charge in [0, 0.05) is 33.3 Å². The Bertz CT molecular complexity index is 400. The first-order chi connectivity index (χ1) is 8.04. The lowest BCUT2D eigenvalue weighted by Crippen LogP contribution is -2.28. The summed E-state index contributed by atoms with van der Waals surface area (Å²) in [5, 5.41) is 0. The number of carbonyl (C=O) groups is 2. The van der Waals surface area contributed by atoms with E-state index in [1.807, 2.05) is 0 Å². The highest BCUT2D eigenvalue weighted by Crippen LogP contribution is 2.02. The number of amides is 1. The molecule has 1 heterocycles. The van der Waals surface area contributed by atoms with E-state index in [0.29, 0.717) is 25.1 Å². The third kappa shape index (κ3) is 3.90. The van der Waals surface area contributed by atoms with Gasteiger partial charge in [-0.25, -0.2) is 4.98 Å². The fourth-order valence-electron chi connectivity index (χ4n) is 1.38. The molecular weight excluding hydrogens is 222 g/mol. The van der Waals surface area contributed by atoms with Gasteiger partial charge in [-0.05, 0) is 6.42 Å². The molecule has 1 amide bonds. The summed E-state index contributed by atoms with van der Waals surface area (Å²) in [6.07, 6.45) is 4.15.